The minimum atomic E-state index is -0.443. The summed E-state index contributed by atoms with van der Waals surface area (Å²) in [5, 5.41) is 16.2. The highest BCUT2D eigenvalue weighted by Gasteiger charge is 2.22. The average molecular weight is 327 g/mol. The number of nitrogens with zero attached hydrogens (tertiary/aromatic N) is 3. The van der Waals surface area contributed by atoms with Crippen LogP contribution in [-0.2, 0) is 13.0 Å². The second-order valence-corrected chi connectivity index (χ2v) is 5.71. The van der Waals surface area contributed by atoms with Crippen LogP contribution in [0.5, 0.6) is 0 Å². The van der Waals surface area contributed by atoms with Crippen molar-refractivity contribution < 1.29 is 9.34 Å². The number of fused-ring (bicyclic) bond motifs is 1. The van der Waals surface area contributed by atoms with E-state index in [1.54, 1.807) is 18.5 Å². The van der Waals surface area contributed by atoms with Gasteiger partial charge in [0.25, 0.3) is 0 Å². The van der Waals surface area contributed by atoms with Crippen LogP contribution in [-0.4, -0.2) is 14.7 Å². The van der Waals surface area contributed by atoms with Crippen molar-refractivity contribution >= 4 is 16.7 Å². The number of hydrogen-bond acceptors (Lipinski definition) is 5. The van der Waals surface area contributed by atoms with E-state index in [-0.39, 0.29) is 12.2 Å². The van der Waals surface area contributed by atoms with Gasteiger partial charge in [0.2, 0.25) is 0 Å². The molecule has 0 atom stereocenters. The van der Waals surface area contributed by atoms with Crippen LogP contribution in [0.4, 0.5) is 5.69 Å². The van der Waals surface area contributed by atoms with Gasteiger partial charge >= 0.3 is 11.3 Å². The third-order valence-corrected chi connectivity index (χ3v) is 4.15. The minimum Gasteiger partial charge on any atom is -0.423 e. The zero-order chi connectivity index (χ0) is 17.4. The molecule has 7 nitrogen and oxygen atoms in total. The molecular weight excluding hydrogens is 310 g/mol. The molecule has 0 amide bonds. The highest BCUT2D eigenvalue weighted by atomic mass is 16.6. The number of aryl methyl sites for hydroxylation is 2. The van der Waals surface area contributed by atoms with Crippen molar-refractivity contribution in [2.75, 3.05) is 0 Å². The predicted molar refractivity (Wildman–Crippen MR) is 89.3 cm³/mol. The number of benzene rings is 1. The van der Waals surface area contributed by atoms with Crippen molar-refractivity contribution in [3.05, 3.63) is 67.3 Å². The van der Waals surface area contributed by atoms with Gasteiger partial charge in [0.1, 0.15) is 17.0 Å². The highest BCUT2D eigenvalue weighted by Crippen LogP contribution is 2.25. The molecule has 1 aromatic carbocycles. The van der Waals surface area contributed by atoms with Crippen molar-refractivity contribution in [1.82, 2.24) is 9.78 Å². The van der Waals surface area contributed by atoms with E-state index in [2.05, 4.69) is 5.10 Å². The van der Waals surface area contributed by atoms with Crippen molar-refractivity contribution in [2.45, 2.75) is 33.7 Å². The fourth-order valence-electron chi connectivity index (χ4n) is 2.89. The monoisotopic (exact) mass is 327 g/mol. The van der Waals surface area contributed by atoms with Crippen molar-refractivity contribution in [2.24, 2.45) is 0 Å². The Morgan fingerprint density at radius 1 is 1.29 bits per heavy atom. The van der Waals surface area contributed by atoms with Crippen molar-refractivity contribution in [3.8, 4) is 0 Å². The molecule has 0 aliphatic heterocycles. The lowest BCUT2D eigenvalue weighted by molar-refractivity contribution is -0.386. The molecular formula is C17H17N3O4. The van der Waals surface area contributed by atoms with Gasteiger partial charge < -0.3 is 4.42 Å². The number of hydrogen-bond donors (Lipinski definition) is 0. The van der Waals surface area contributed by atoms with Crippen LogP contribution in [0.15, 0.2) is 33.5 Å². The van der Waals surface area contributed by atoms with Crippen LogP contribution in [0.1, 0.15) is 29.4 Å². The molecule has 124 valence electrons. The summed E-state index contributed by atoms with van der Waals surface area (Å²) in [5.41, 5.74) is 2.71. The third-order valence-electron chi connectivity index (χ3n) is 4.15. The Bertz CT molecular complexity index is 1000. The van der Waals surface area contributed by atoms with E-state index in [9.17, 15) is 14.9 Å². The van der Waals surface area contributed by atoms with Crippen LogP contribution in [0.2, 0.25) is 0 Å². The quantitative estimate of drug-likeness (QED) is 0.417. The molecule has 3 aromatic rings. The summed E-state index contributed by atoms with van der Waals surface area (Å²) in [4.78, 5) is 22.6. The largest absolute Gasteiger partial charge is 0.423 e. The Labute approximate surface area is 137 Å². The maximum absolute atomic E-state index is 11.9. The van der Waals surface area contributed by atoms with Crippen molar-refractivity contribution in [3.63, 3.8) is 0 Å². The molecule has 3 rings (SSSR count). The normalized spacial score (nSPS) is 11.1. The molecule has 0 spiro atoms. The summed E-state index contributed by atoms with van der Waals surface area (Å²) >= 11 is 0. The number of nitro groups is 1. The predicted octanol–water partition coefficient (Wildman–Crippen LogP) is 3.13. The van der Waals surface area contributed by atoms with E-state index in [0.717, 1.165) is 22.9 Å². The lowest BCUT2D eigenvalue weighted by Gasteiger charge is -2.08. The smallest absolute Gasteiger partial charge is 0.336 e. The Morgan fingerprint density at radius 3 is 2.67 bits per heavy atom. The van der Waals surface area contributed by atoms with Gasteiger partial charge in [-0.2, -0.15) is 5.10 Å². The van der Waals surface area contributed by atoms with Gasteiger partial charge in [-0.05, 0) is 37.5 Å². The van der Waals surface area contributed by atoms with Gasteiger partial charge in [-0.25, -0.2) is 4.79 Å². The molecule has 0 radical (unpaired) electrons. The molecule has 0 saturated heterocycles. The lowest BCUT2D eigenvalue weighted by Crippen LogP contribution is -2.08. The van der Waals surface area contributed by atoms with Gasteiger partial charge in [-0.1, -0.05) is 19.1 Å². The molecule has 2 aromatic heterocycles. The summed E-state index contributed by atoms with van der Waals surface area (Å²) in [6.07, 6.45) is 0.841. The topological polar surface area (TPSA) is 91.2 Å². The summed E-state index contributed by atoms with van der Waals surface area (Å²) in [6.45, 7) is 5.56. The average Bonchev–Trinajstić information content (AvgIpc) is 2.80. The Balaban J connectivity index is 2.12. The van der Waals surface area contributed by atoms with E-state index >= 15 is 0 Å². The van der Waals surface area contributed by atoms with E-state index < -0.39 is 10.5 Å². The molecule has 24 heavy (non-hydrogen) atoms. The second kappa shape index (κ2) is 5.92. The van der Waals surface area contributed by atoms with Gasteiger partial charge in [0.05, 0.1) is 11.5 Å². The molecule has 0 N–H and O–H groups in total. The third kappa shape index (κ3) is 2.68. The molecule has 0 aliphatic carbocycles. The van der Waals surface area contributed by atoms with Crippen LogP contribution in [0.25, 0.3) is 11.0 Å². The SMILES string of the molecule is CCc1ccc2c(Cn3nc(C)c([N+](=O)[O-])c3C)cc(=O)oc2c1. The van der Waals surface area contributed by atoms with E-state index in [1.807, 2.05) is 25.1 Å². The van der Waals surface area contributed by atoms with Crippen LogP contribution in [0.3, 0.4) is 0 Å². The van der Waals surface area contributed by atoms with Crippen LogP contribution < -0.4 is 5.63 Å². The lowest BCUT2D eigenvalue weighted by atomic mass is 10.1. The summed E-state index contributed by atoms with van der Waals surface area (Å²) in [6, 6.07) is 7.15. The molecule has 7 heteroatoms. The maximum atomic E-state index is 11.9. The standard InChI is InChI=1S/C17H17N3O4/c1-4-12-5-6-14-13(8-16(21)24-15(14)7-12)9-19-11(3)17(20(22)23)10(2)18-19/h5-8H,4,9H2,1-3H3. The molecule has 0 saturated carbocycles. The van der Waals surface area contributed by atoms with E-state index in [4.69, 9.17) is 4.42 Å². The van der Waals surface area contributed by atoms with E-state index in [0.29, 0.717) is 17.0 Å². The summed E-state index contributed by atoms with van der Waals surface area (Å²) < 4.78 is 6.84. The maximum Gasteiger partial charge on any atom is 0.336 e. The summed E-state index contributed by atoms with van der Waals surface area (Å²) in [7, 11) is 0. The van der Waals surface area contributed by atoms with E-state index in [1.165, 1.54) is 6.07 Å². The molecule has 2 heterocycles. The van der Waals surface area contributed by atoms with Gasteiger partial charge in [-0.15, -0.1) is 0 Å². The van der Waals surface area contributed by atoms with Gasteiger partial charge in [-0.3, -0.25) is 14.8 Å². The second-order valence-electron chi connectivity index (χ2n) is 5.71. The summed E-state index contributed by atoms with van der Waals surface area (Å²) in [5.74, 6) is 0. The first-order valence-corrected chi connectivity index (χ1v) is 7.64. The first kappa shape index (κ1) is 15.9. The number of rotatable bonds is 4. The zero-order valence-electron chi connectivity index (χ0n) is 13.7. The highest BCUT2D eigenvalue weighted by molar-refractivity contribution is 5.80. The molecule has 0 aliphatic rings. The Morgan fingerprint density at radius 2 is 2.04 bits per heavy atom. The van der Waals surface area contributed by atoms with Gasteiger partial charge in [0.15, 0.2) is 0 Å². The van der Waals surface area contributed by atoms with Crippen LogP contribution >= 0.6 is 0 Å². The fraction of sp³-hybridized carbons (Fsp3) is 0.294. The first-order valence-electron chi connectivity index (χ1n) is 7.64. The first-order chi connectivity index (χ1) is 11.4. The van der Waals surface area contributed by atoms with Crippen molar-refractivity contribution in [1.29, 1.82) is 0 Å². The number of aromatic nitrogens is 2. The van der Waals surface area contributed by atoms with Crippen LogP contribution in [0, 0.1) is 24.0 Å². The fourth-order valence-corrected chi connectivity index (χ4v) is 2.89. The minimum absolute atomic E-state index is 0.00976. The Hall–Kier alpha value is -2.96. The molecule has 0 bridgehead atoms. The zero-order valence-corrected chi connectivity index (χ0v) is 13.7. The molecule has 0 unspecified atom stereocenters. The molecule has 0 fully saturated rings. The van der Waals surface area contributed by atoms with Gasteiger partial charge in [0, 0.05) is 11.5 Å². The Kier molecular flexibility index (Phi) is 3.92.